The van der Waals surface area contributed by atoms with E-state index in [1.165, 1.54) is 51.4 Å². The van der Waals surface area contributed by atoms with E-state index in [0.717, 1.165) is 35.8 Å². The van der Waals surface area contributed by atoms with E-state index in [4.69, 9.17) is 13.7 Å². The van der Waals surface area contributed by atoms with Crippen molar-refractivity contribution in [2.75, 3.05) is 7.11 Å². The summed E-state index contributed by atoms with van der Waals surface area (Å²) in [6.45, 7) is 21.5. The number of hydrogen-bond acceptors (Lipinski definition) is 4. The molecule has 4 rings (SSSR count). The van der Waals surface area contributed by atoms with Gasteiger partial charge < -0.3 is 13.7 Å². The second-order valence-corrected chi connectivity index (χ2v) is 23.6. The van der Waals surface area contributed by atoms with Gasteiger partial charge in [-0.1, -0.05) is 19.0 Å². The lowest BCUT2D eigenvalue weighted by molar-refractivity contribution is -0.139. The van der Waals surface area contributed by atoms with Gasteiger partial charge in [0.25, 0.3) is 0 Å². The van der Waals surface area contributed by atoms with Crippen LogP contribution in [0.4, 0.5) is 0 Å². The van der Waals surface area contributed by atoms with Gasteiger partial charge in [0, 0.05) is 11.5 Å². The number of nitrogens with zero attached hydrogens (tertiary/aromatic N) is 1. The van der Waals surface area contributed by atoms with E-state index in [-0.39, 0.29) is 11.0 Å². The van der Waals surface area contributed by atoms with E-state index >= 15 is 0 Å². The molecule has 0 radical (unpaired) electrons. The molecule has 196 valence electrons. The van der Waals surface area contributed by atoms with Gasteiger partial charge in [-0.3, -0.25) is 0 Å². The van der Waals surface area contributed by atoms with Crippen LogP contribution in [0.5, 0.6) is 0 Å². The molecule has 0 saturated heterocycles. The molecule has 34 heavy (non-hydrogen) atoms. The number of hydrogen-bond donors (Lipinski definition) is 0. The highest BCUT2D eigenvalue weighted by Gasteiger charge is 2.67. The van der Waals surface area contributed by atoms with Crippen LogP contribution in [0.3, 0.4) is 0 Å². The van der Waals surface area contributed by atoms with E-state index in [1.54, 1.807) is 7.11 Å². The molecule has 4 saturated carbocycles. The van der Waals surface area contributed by atoms with Crippen molar-refractivity contribution < 1.29 is 13.7 Å². The van der Waals surface area contributed by atoms with Crippen LogP contribution < -0.4 is 0 Å². The Morgan fingerprint density at radius 2 is 1.50 bits per heavy atom. The Balaban J connectivity index is 1.60. The minimum absolute atomic E-state index is 0.155. The summed E-state index contributed by atoms with van der Waals surface area (Å²) < 4.78 is 13.8. The average molecular weight is 508 g/mol. The van der Waals surface area contributed by atoms with Crippen LogP contribution >= 0.6 is 0 Å². The first-order valence-corrected chi connectivity index (χ1v) is 20.9. The molecule has 0 N–H and O–H groups in total. The molecule has 8 atom stereocenters. The molecular formula is C28H53NO3Si2. The van der Waals surface area contributed by atoms with Crippen LogP contribution in [0.25, 0.3) is 0 Å². The van der Waals surface area contributed by atoms with Gasteiger partial charge in [-0.05, 0) is 133 Å². The molecule has 4 aliphatic rings. The molecule has 0 aromatic heterocycles. The van der Waals surface area contributed by atoms with Gasteiger partial charge in [0.15, 0.2) is 16.6 Å². The van der Waals surface area contributed by atoms with Gasteiger partial charge in [-0.15, -0.1) is 0 Å². The van der Waals surface area contributed by atoms with E-state index in [1.807, 2.05) is 0 Å². The summed E-state index contributed by atoms with van der Waals surface area (Å²) in [6, 6.07) is 0. The third-order valence-electron chi connectivity index (χ3n) is 10.6. The Morgan fingerprint density at radius 1 is 0.824 bits per heavy atom. The molecule has 0 aliphatic heterocycles. The van der Waals surface area contributed by atoms with Gasteiger partial charge in [-0.2, -0.15) is 0 Å². The maximum Gasteiger partial charge on any atom is 0.185 e. The lowest BCUT2D eigenvalue weighted by atomic mass is 9.44. The largest absolute Gasteiger partial charge is 0.415 e. The molecule has 3 unspecified atom stereocenters. The smallest absolute Gasteiger partial charge is 0.185 e. The van der Waals surface area contributed by atoms with Crippen LogP contribution in [0.1, 0.15) is 78.6 Å². The fraction of sp³-hybridized carbons (Fsp3) is 0.964. The zero-order valence-electron chi connectivity index (χ0n) is 23.9. The Morgan fingerprint density at radius 3 is 2.12 bits per heavy atom. The molecule has 6 heteroatoms. The Hall–Kier alpha value is -0.176. The average Bonchev–Trinajstić information content (AvgIpc) is 2.99. The van der Waals surface area contributed by atoms with E-state index in [2.05, 4.69) is 65.2 Å². The summed E-state index contributed by atoms with van der Waals surface area (Å²) in [6.07, 6.45) is 12.2. The standard InChI is InChI=1S/C28H53NO3Si2/c1-20(29-30-4)28(32-34(8,9)10)18-15-25-23-12-11-21-19-22(31-33(5,6)7)13-16-26(21,2)24(23)14-17-27(25,28)3/h21-25H,11-19H2,1-10H3/b29-20+/t21-,22+,23?,24?,25?,26+,27+,28+/m1/s1. The maximum absolute atomic E-state index is 7.16. The first-order chi connectivity index (χ1) is 15.7. The molecule has 0 amide bonds. The topological polar surface area (TPSA) is 40.0 Å². The number of rotatable bonds is 6. The van der Waals surface area contributed by atoms with Crippen LogP contribution in [0.15, 0.2) is 5.16 Å². The van der Waals surface area contributed by atoms with Gasteiger partial charge in [-0.25, -0.2) is 0 Å². The first kappa shape index (κ1) is 26.9. The Labute approximate surface area is 212 Å². The summed E-state index contributed by atoms with van der Waals surface area (Å²) in [5.74, 6) is 3.27. The van der Waals surface area contributed by atoms with Crippen molar-refractivity contribution in [2.45, 2.75) is 130 Å². The SMILES string of the molecule is CO/N=C(\C)[C@@]1(O[Si](C)(C)C)CCC2C3CC[C@@H]4C[C@@H](O[Si](C)(C)C)CC[C@]4(C)C3CC[C@@]21C. The first-order valence-electron chi connectivity index (χ1n) is 14.1. The van der Waals surface area contributed by atoms with Crippen LogP contribution in [0.2, 0.25) is 39.3 Å². The van der Waals surface area contributed by atoms with Crippen molar-refractivity contribution in [3.05, 3.63) is 0 Å². The highest BCUT2D eigenvalue weighted by Crippen LogP contribution is 2.69. The molecule has 0 aromatic rings. The summed E-state index contributed by atoms with van der Waals surface area (Å²) in [5, 5.41) is 4.52. The molecule has 0 aromatic carbocycles. The lowest BCUT2D eigenvalue weighted by Gasteiger charge is -2.62. The van der Waals surface area contributed by atoms with Gasteiger partial charge in [0.2, 0.25) is 0 Å². The molecule has 4 fully saturated rings. The van der Waals surface area contributed by atoms with Crippen LogP contribution in [-0.4, -0.2) is 41.2 Å². The molecule has 0 heterocycles. The molecule has 0 spiro atoms. The highest BCUT2D eigenvalue weighted by atomic mass is 28.4. The lowest BCUT2D eigenvalue weighted by Crippen LogP contribution is -2.61. The summed E-state index contributed by atoms with van der Waals surface area (Å²) in [5.41, 5.74) is 1.46. The molecule has 0 bridgehead atoms. The monoisotopic (exact) mass is 507 g/mol. The minimum atomic E-state index is -1.77. The van der Waals surface area contributed by atoms with Crippen LogP contribution in [-0.2, 0) is 13.7 Å². The maximum atomic E-state index is 7.16. The van der Waals surface area contributed by atoms with Crippen molar-refractivity contribution >= 4 is 22.3 Å². The van der Waals surface area contributed by atoms with Gasteiger partial charge in [0.1, 0.15) is 12.7 Å². The normalized spacial score (nSPS) is 45.4. The van der Waals surface area contributed by atoms with Gasteiger partial charge in [0.05, 0.1) is 5.71 Å². The van der Waals surface area contributed by atoms with Gasteiger partial charge >= 0.3 is 0 Å². The number of fused-ring (bicyclic) bond motifs is 5. The predicted molar refractivity (Wildman–Crippen MR) is 147 cm³/mol. The molecular weight excluding hydrogens is 454 g/mol. The Bertz CT molecular complexity index is 790. The quantitative estimate of drug-likeness (QED) is 0.209. The predicted octanol–water partition coefficient (Wildman–Crippen LogP) is 7.86. The second-order valence-electron chi connectivity index (χ2n) is 14.7. The third kappa shape index (κ3) is 4.52. The molecule has 4 nitrogen and oxygen atoms in total. The zero-order valence-corrected chi connectivity index (χ0v) is 25.9. The fourth-order valence-electron chi connectivity index (χ4n) is 9.39. The van der Waals surface area contributed by atoms with Crippen molar-refractivity contribution in [3.63, 3.8) is 0 Å². The van der Waals surface area contributed by atoms with Crippen molar-refractivity contribution in [2.24, 2.45) is 39.7 Å². The Kier molecular flexibility index (Phi) is 7.10. The molecule has 4 aliphatic carbocycles. The zero-order chi connectivity index (χ0) is 25.2. The number of oxime groups is 1. The van der Waals surface area contributed by atoms with E-state index in [9.17, 15) is 0 Å². The van der Waals surface area contributed by atoms with Crippen molar-refractivity contribution in [1.82, 2.24) is 0 Å². The van der Waals surface area contributed by atoms with Crippen molar-refractivity contribution in [3.8, 4) is 0 Å². The fourth-order valence-corrected chi connectivity index (χ4v) is 12.1. The van der Waals surface area contributed by atoms with E-state index in [0.29, 0.717) is 11.5 Å². The summed E-state index contributed by atoms with van der Waals surface area (Å²) in [4.78, 5) is 5.33. The highest BCUT2D eigenvalue weighted by molar-refractivity contribution is 6.70. The summed E-state index contributed by atoms with van der Waals surface area (Å²) >= 11 is 0. The van der Waals surface area contributed by atoms with E-state index < -0.39 is 16.6 Å². The van der Waals surface area contributed by atoms with Crippen LogP contribution in [0, 0.1) is 34.5 Å². The van der Waals surface area contributed by atoms with Crippen molar-refractivity contribution in [1.29, 1.82) is 0 Å². The third-order valence-corrected chi connectivity index (χ3v) is 12.6. The second kappa shape index (κ2) is 8.99. The minimum Gasteiger partial charge on any atom is -0.415 e. The summed E-state index contributed by atoms with van der Waals surface area (Å²) in [7, 11) is -1.56.